The van der Waals surface area contributed by atoms with Gasteiger partial charge in [-0.15, -0.1) is 0 Å². The summed E-state index contributed by atoms with van der Waals surface area (Å²) in [6.07, 6.45) is 2.80. The van der Waals surface area contributed by atoms with Crippen molar-refractivity contribution >= 4 is 16.1 Å². The number of hydrogen-bond donors (Lipinski definition) is 2. The van der Waals surface area contributed by atoms with Crippen LogP contribution in [0.2, 0.25) is 0 Å². The summed E-state index contributed by atoms with van der Waals surface area (Å²) in [6, 6.07) is 2.82. The van der Waals surface area contributed by atoms with Crippen LogP contribution in [-0.4, -0.2) is 74.0 Å². The van der Waals surface area contributed by atoms with Crippen molar-refractivity contribution in [1.29, 1.82) is 0 Å². The van der Waals surface area contributed by atoms with E-state index in [9.17, 15) is 17.6 Å². The van der Waals surface area contributed by atoms with Gasteiger partial charge in [0.05, 0.1) is 12.5 Å². The molecule has 0 aliphatic carbocycles. The number of carbonyl (C=O) groups excluding carboxylic acids is 1. The number of nitrogens with one attached hydrogen (secondary N) is 1. The van der Waals surface area contributed by atoms with Gasteiger partial charge in [0.15, 0.2) is 0 Å². The minimum atomic E-state index is -3.68. The van der Waals surface area contributed by atoms with E-state index in [1.54, 1.807) is 4.90 Å². The highest BCUT2D eigenvalue weighted by molar-refractivity contribution is 7.89. The molecule has 0 saturated carbocycles. The molecule has 2 saturated heterocycles. The molecule has 0 spiro atoms. The molecular formula is C17H24FN5O4S. The van der Waals surface area contributed by atoms with Crippen LogP contribution in [-0.2, 0) is 10.0 Å². The van der Waals surface area contributed by atoms with Gasteiger partial charge in [0, 0.05) is 50.4 Å². The van der Waals surface area contributed by atoms with Crippen molar-refractivity contribution in [1.82, 2.24) is 19.5 Å². The first kappa shape index (κ1) is 20.5. The summed E-state index contributed by atoms with van der Waals surface area (Å²) >= 11 is 0. The first-order valence-corrected chi connectivity index (χ1v) is 10.5. The number of ether oxygens (including phenoxy) is 1. The molecule has 0 atom stereocenters. The van der Waals surface area contributed by atoms with E-state index in [4.69, 9.17) is 10.5 Å². The Morgan fingerprint density at radius 1 is 1.36 bits per heavy atom. The first-order chi connectivity index (χ1) is 13.5. The lowest BCUT2D eigenvalue weighted by Crippen LogP contribution is -2.47. The Kier molecular flexibility index (Phi) is 6.47. The number of urea groups is 1. The number of carbonyl (C=O) groups is 1. The van der Waals surface area contributed by atoms with Gasteiger partial charge in [0.2, 0.25) is 15.9 Å². The summed E-state index contributed by atoms with van der Waals surface area (Å²) < 4.78 is 44.8. The summed E-state index contributed by atoms with van der Waals surface area (Å²) in [7, 11) is -3.68. The number of pyridine rings is 1. The number of amides is 2. The number of hydrogen-bond acceptors (Lipinski definition) is 6. The molecular weight excluding hydrogens is 389 g/mol. The number of nitrogens with zero attached hydrogens (tertiary/aromatic N) is 3. The zero-order valence-electron chi connectivity index (χ0n) is 15.4. The summed E-state index contributed by atoms with van der Waals surface area (Å²) in [5.74, 6) is 0.186. The lowest BCUT2D eigenvalue weighted by Gasteiger charge is -2.35. The van der Waals surface area contributed by atoms with Crippen LogP contribution in [0.4, 0.5) is 9.18 Å². The van der Waals surface area contributed by atoms with Crippen LogP contribution in [0, 0.1) is 0 Å². The van der Waals surface area contributed by atoms with Gasteiger partial charge in [-0.1, -0.05) is 0 Å². The minimum Gasteiger partial charge on any atom is -0.473 e. The second kappa shape index (κ2) is 8.84. The van der Waals surface area contributed by atoms with Crippen molar-refractivity contribution < 1.29 is 22.3 Å². The predicted octanol–water partition coefficient (Wildman–Crippen LogP) is 0.451. The summed E-state index contributed by atoms with van der Waals surface area (Å²) in [6.45, 7) is 1.95. The molecule has 2 amide bonds. The van der Waals surface area contributed by atoms with Crippen molar-refractivity contribution in [2.75, 3.05) is 39.3 Å². The van der Waals surface area contributed by atoms with Gasteiger partial charge in [0.1, 0.15) is 11.5 Å². The molecule has 2 fully saturated rings. The number of halogens is 1. The maximum absolute atomic E-state index is 12.8. The predicted molar refractivity (Wildman–Crippen MR) is 99.9 cm³/mol. The molecule has 9 nitrogen and oxygen atoms in total. The van der Waals surface area contributed by atoms with Gasteiger partial charge in [-0.2, -0.15) is 4.31 Å². The third-order valence-corrected chi connectivity index (χ3v) is 6.81. The summed E-state index contributed by atoms with van der Waals surface area (Å²) in [5, 5.41) is 2.77. The molecule has 3 N–H and O–H groups in total. The van der Waals surface area contributed by atoms with E-state index in [-0.39, 0.29) is 41.6 Å². The van der Waals surface area contributed by atoms with Crippen LogP contribution in [0.1, 0.15) is 12.8 Å². The fourth-order valence-electron chi connectivity index (χ4n) is 3.28. The van der Waals surface area contributed by atoms with E-state index >= 15 is 0 Å². The van der Waals surface area contributed by atoms with Crippen molar-refractivity contribution in [3.63, 3.8) is 0 Å². The van der Waals surface area contributed by atoms with Gasteiger partial charge < -0.3 is 20.7 Å². The van der Waals surface area contributed by atoms with E-state index in [1.165, 1.54) is 22.6 Å². The number of aromatic nitrogens is 1. The average Bonchev–Trinajstić information content (AvgIpc) is 3.15. The van der Waals surface area contributed by atoms with E-state index in [0.717, 1.165) is 0 Å². The summed E-state index contributed by atoms with van der Waals surface area (Å²) in [5.41, 5.74) is 5.62. The quantitative estimate of drug-likeness (QED) is 0.670. The smallest absolute Gasteiger partial charge is 0.317 e. The topological polar surface area (TPSA) is 118 Å². The number of sulfonamides is 1. The second-order valence-electron chi connectivity index (χ2n) is 6.65. The van der Waals surface area contributed by atoms with Crippen LogP contribution < -0.4 is 15.8 Å². The molecule has 1 aromatic rings. The van der Waals surface area contributed by atoms with Gasteiger partial charge >= 0.3 is 6.03 Å². The van der Waals surface area contributed by atoms with Gasteiger partial charge in [-0.3, -0.25) is 0 Å². The minimum absolute atomic E-state index is 0.0258. The van der Waals surface area contributed by atoms with Gasteiger partial charge in [-0.05, 0) is 18.9 Å². The highest BCUT2D eigenvalue weighted by Gasteiger charge is 2.34. The van der Waals surface area contributed by atoms with Crippen LogP contribution in [0.15, 0.2) is 35.1 Å². The third-order valence-electron chi connectivity index (χ3n) is 4.92. The Morgan fingerprint density at radius 2 is 2.11 bits per heavy atom. The Morgan fingerprint density at radius 3 is 2.64 bits per heavy atom. The van der Waals surface area contributed by atoms with Crippen LogP contribution in [0.3, 0.4) is 0 Å². The second-order valence-corrected chi connectivity index (χ2v) is 8.59. The highest BCUT2D eigenvalue weighted by atomic mass is 32.2. The van der Waals surface area contributed by atoms with E-state index in [0.29, 0.717) is 45.4 Å². The van der Waals surface area contributed by atoms with Crippen molar-refractivity contribution in [2.24, 2.45) is 5.73 Å². The Labute approximate surface area is 163 Å². The summed E-state index contributed by atoms with van der Waals surface area (Å²) in [4.78, 5) is 17.6. The molecule has 0 aromatic carbocycles. The molecule has 3 rings (SSSR count). The maximum Gasteiger partial charge on any atom is 0.317 e. The van der Waals surface area contributed by atoms with Crippen molar-refractivity contribution in [3.05, 3.63) is 30.2 Å². The van der Waals surface area contributed by atoms with Gasteiger partial charge in [-0.25, -0.2) is 22.6 Å². The third kappa shape index (κ3) is 4.42. The normalized spacial score (nSPS) is 19.7. The Balaban J connectivity index is 1.59. The molecule has 28 heavy (non-hydrogen) atoms. The SMILES string of the molecule is NC/C(=C\F)COc1ccc(S(=O)(=O)N2CCC(N3CCNC3=O)CC2)cn1. The van der Waals surface area contributed by atoms with Crippen LogP contribution >= 0.6 is 0 Å². The standard InChI is InChI=1S/C17H24FN5O4S/c18-9-13(10-19)12-27-16-2-1-15(11-21-16)28(25,26)22-6-3-14(4-7-22)23-8-5-20-17(23)24/h1-2,9,11,14H,3-8,10,12,19H2,(H,20,24)/b13-9+. The molecule has 11 heteroatoms. The maximum atomic E-state index is 12.8. The molecule has 0 radical (unpaired) electrons. The molecule has 1 aromatic heterocycles. The lowest BCUT2D eigenvalue weighted by molar-refractivity contribution is 0.167. The lowest BCUT2D eigenvalue weighted by atomic mass is 10.1. The molecule has 2 aliphatic heterocycles. The largest absolute Gasteiger partial charge is 0.473 e. The molecule has 2 aliphatic rings. The molecule has 0 bridgehead atoms. The van der Waals surface area contributed by atoms with E-state index in [2.05, 4.69) is 10.3 Å². The van der Waals surface area contributed by atoms with Gasteiger partial charge in [0.25, 0.3) is 0 Å². The molecule has 154 valence electrons. The van der Waals surface area contributed by atoms with Crippen LogP contribution in [0.25, 0.3) is 0 Å². The molecule has 3 heterocycles. The number of rotatable bonds is 7. The molecule has 0 unspecified atom stereocenters. The zero-order valence-corrected chi connectivity index (χ0v) is 16.2. The van der Waals surface area contributed by atoms with Crippen molar-refractivity contribution in [2.45, 2.75) is 23.8 Å². The highest BCUT2D eigenvalue weighted by Crippen LogP contribution is 2.24. The fraction of sp³-hybridized carbons (Fsp3) is 0.529. The van der Waals surface area contributed by atoms with Crippen molar-refractivity contribution in [3.8, 4) is 5.88 Å². The van der Waals surface area contributed by atoms with Crippen LogP contribution in [0.5, 0.6) is 5.88 Å². The monoisotopic (exact) mass is 413 g/mol. The first-order valence-electron chi connectivity index (χ1n) is 9.07. The zero-order chi connectivity index (χ0) is 20.1. The average molecular weight is 413 g/mol. The van der Waals surface area contributed by atoms with E-state index in [1.807, 2.05) is 0 Å². The Hall–Kier alpha value is -2.24. The fourth-order valence-corrected chi connectivity index (χ4v) is 4.70. The number of nitrogens with two attached hydrogens (primary N) is 1. The van der Waals surface area contributed by atoms with E-state index < -0.39 is 10.0 Å². The Bertz CT molecular complexity index is 822. The number of piperidine rings is 1.